The van der Waals surface area contributed by atoms with E-state index in [1.165, 1.54) is 0 Å². The summed E-state index contributed by atoms with van der Waals surface area (Å²) in [6.45, 7) is 4.46. The number of benzene rings is 2. The molecule has 0 aromatic heterocycles. The second-order valence-corrected chi connectivity index (χ2v) is 8.04. The number of carboxylic acid groups (broad SMARTS) is 1. The molecule has 0 atom stereocenters. The Labute approximate surface area is 168 Å². The van der Waals surface area contributed by atoms with Crippen LogP contribution in [0.2, 0.25) is 5.02 Å². The molecule has 0 fully saturated rings. The van der Waals surface area contributed by atoms with Gasteiger partial charge in [0, 0.05) is 16.8 Å². The van der Waals surface area contributed by atoms with Crippen LogP contribution in [-0.4, -0.2) is 17.1 Å². The van der Waals surface area contributed by atoms with Crippen LogP contribution < -0.4 is 10.1 Å². The van der Waals surface area contributed by atoms with Crippen LogP contribution in [0, 0.1) is 0 Å². The summed E-state index contributed by atoms with van der Waals surface area (Å²) < 4.78 is 7.29. The van der Waals surface area contributed by atoms with Gasteiger partial charge >= 0.3 is 5.97 Å². The molecule has 0 aliphatic heterocycles. The summed E-state index contributed by atoms with van der Waals surface area (Å²) in [5, 5.41) is 12.9. The maximum Gasteiger partial charge on any atom is 0.307 e. The van der Waals surface area contributed by atoms with Crippen LogP contribution in [0.15, 0.2) is 39.3 Å². The Kier molecular flexibility index (Phi) is 7.16. The minimum absolute atomic E-state index is 0.0456. The van der Waals surface area contributed by atoms with Gasteiger partial charge in [0.2, 0.25) is 0 Å². The van der Waals surface area contributed by atoms with Crippen LogP contribution in [0.5, 0.6) is 5.75 Å². The fraction of sp³-hybridized carbons (Fsp3) is 0.278. The van der Waals surface area contributed by atoms with E-state index in [9.17, 15) is 4.79 Å². The lowest BCUT2D eigenvalue weighted by molar-refractivity contribution is -0.136. The van der Waals surface area contributed by atoms with E-state index >= 15 is 0 Å². The Bertz CT molecular complexity index is 758. The van der Waals surface area contributed by atoms with Gasteiger partial charge in [-0.05, 0) is 87.2 Å². The average Bonchev–Trinajstić information content (AvgIpc) is 2.44. The molecule has 0 bridgehead atoms. The quantitative estimate of drug-likeness (QED) is 0.507. The van der Waals surface area contributed by atoms with Crippen LogP contribution in [0.3, 0.4) is 0 Å². The summed E-state index contributed by atoms with van der Waals surface area (Å²) in [5.41, 5.74) is 2.56. The molecule has 0 unspecified atom stereocenters. The van der Waals surface area contributed by atoms with E-state index in [4.69, 9.17) is 21.4 Å². The number of aliphatic carboxylic acids is 1. The number of hydrogen-bond acceptors (Lipinski definition) is 3. The predicted molar refractivity (Wildman–Crippen MR) is 108 cm³/mol. The molecule has 2 N–H and O–H groups in total. The highest BCUT2D eigenvalue weighted by molar-refractivity contribution is 9.11. The lowest BCUT2D eigenvalue weighted by atomic mass is 10.1. The fourth-order valence-electron chi connectivity index (χ4n) is 2.33. The SMILES string of the molecule is CC(C)Nc1cc(Cl)cc(COc2c(Br)cc(CC(=O)O)cc2Br)c1. The standard InChI is InChI=1S/C18H18Br2ClNO3/c1-10(2)22-14-4-12(3-13(21)8-14)9-25-18-15(19)5-11(6-16(18)20)7-17(23)24/h3-6,8,10,22H,7,9H2,1-2H3,(H,23,24). The third-order valence-corrected chi connectivity index (χ3v) is 4.61. The number of carboxylic acids is 1. The number of nitrogens with one attached hydrogen (secondary N) is 1. The fourth-order valence-corrected chi connectivity index (χ4v) is 4.10. The highest BCUT2D eigenvalue weighted by Crippen LogP contribution is 2.35. The molecule has 0 amide bonds. The maximum absolute atomic E-state index is 10.8. The van der Waals surface area contributed by atoms with Crippen molar-refractivity contribution >= 4 is 55.1 Å². The van der Waals surface area contributed by atoms with Crippen molar-refractivity contribution in [2.45, 2.75) is 32.9 Å². The zero-order valence-corrected chi connectivity index (χ0v) is 17.7. The molecule has 0 spiro atoms. The van der Waals surface area contributed by atoms with Crippen LogP contribution >= 0.6 is 43.5 Å². The van der Waals surface area contributed by atoms with E-state index in [-0.39, 0.29) is 6.42 Å². The number of anilines is 1. The summed E-state index contributed by atoms with van der Waals surface area (Å²) >= 11 is 13.1. The monoisotopic (exact) mass is 489 g/mol. The topological polar surface area (TPSA) is 58.6 Å². The summed E-state index contributed by atoms with van der Waals surface area (Å²) in [7, 11) is 0. The molecule has 0 heterocycles. The molecule has 0 aliphatic carbocycles. The zero-order chi connectivity index (χ0) is 18.6. The van der Waals surface area contributed by atoms with Crippen molar-refractivity contribution in [1.29, 1.82) is 0 Å². The molecule has 4 nitrogen and oxygen atoms in total. The molecular formula is C18H18Br2ClNO3. The van der Waals surface area contributed by atoms with Crippen LogP contribution in [0.25, 0.3) is 0 Å². The summed E-state index contributed by atoms with van der Waals surface area (Å²) in [4.78, 5) is 10.8. The Morgan fingerprint density at radius 3 is 2.36 bits per heavy atom. The first-order valence-corrected chi connectivity index (χ1v) is 9.59. The van der Waals surface area contributed by atoms with E-state index in [1.807, 2.05) is 18.2 Å². The number of halogens is 3. The van der Waals surface area contributed by atoms with Gasteiger partial charge in [-0.25, -0.2) is 0 Å². The maximum atomic E-state index is 10.8. The number of ether oxygens (including phenoxy) is 1. The van der Waals surface area contributed by atoms with E-state index in [1.54, 1.807) is 12.1 Å². The van der Waals surface area contributed by atoms with Crippen LogP contribution in [0.1, 0.15) is 25.0 Å². The number of rotatable bonds is 7. The van der Waals surface area contributed by atoms with Gasteiger partial charge in [0.05, 0.1) is 15.4 Å². The summed E-state index contributed by atoms with van der Waals surface area (Å²) in [6, 6.07) is 9.52. The highest BCUT2D eigenvalue weighted by Gasteiger charge is 2.12. The van der Waals surface area contributed by atoms with Crippen molar-refractivity contribution in [1.82, 2.24) is 0 Å². The predicted octanol–water partition coefficient (Wildman–Crippen LogP) is 5.89. The molecule has 0 radical (unpaired) electrons. The van der Waals surface area contributed by atoms with Crippen molar-refractivity contribution in [3.8, 4) is 5.75 Å². The smallest absolute Gasteiger partial charge is 0.307 e. The Morgan fingerprint density at radius 2 is 1.80 bits per heavy atom. The van der Waals surface area contributed by atoms with Gasteiger partial charge in [-0.15, -0.1) is 0 Å². The third-order valence-electron chi connectivity index (χ3n) is 3.21. The number of hydrogen-bond donors (Lipinski definition) is 2. The first-order valence-electron chi connectivity index (χ1n) is 7.63. The molecule has 25 heavy (non-hydrogen) atoms. The second kappa shape index (κ2) is 8.92. The molecule has 0 saturated carbocycles. The molecule has 7 heteroatoms. The van der Waals surface area contributed by atoms with E-state index in [0.29, 0.717) is 37.9 Å². The second-order valence-electron chi connectivity index (χ2n) is 5.89. The Hall–Kier alpha value is -1.24. The van der Waals surface area contributed by atoms with Gasteiger partial charge < -0.3 is 15.2 Å². The van der Waals surface area contributed by atoms with Gasteiger partial charge in [0.25, 0.3) is 0 Å². The molecule has 2 rings (SSSR count). The third kappa shape index (κ3) is 6.20. The minimum atomic E-state index is -0.878. The number of carbonyl (C=O) groups is 1. The summed E-state index contributed by atoms with van der Waals surface area (Å²) in [5.74, 6) is -0.260. The average molecular weight is 492 g/mol. The first-order chi connectivity index (χ1) is 11.7. The lowest BCUT2D eigenvalue weighted by Gasteiger charge is -2.14. The van der Waals surface area contributed by atoms with Crippen LogP contribution in [-0.2, 0) is 17.8 Å². The van der Waals surface area contributed by atoms with Gasteiger partial charge in [-0.2, -0.15) is 0 Å². The van der Waals surface area contributed by atoms with E-state index < -0.39 is 5.97 Å². The van der Waals surface area contributed by atoms with Crippen molar-refractivity contribution in [2.24, 2.45) is 0 Å². The molecule has 134 valence electrons. The zero-order valence-electron chi connectivity index (χ0n) is 13.8. The van der Waals surface area contributed by atoms with Gasteiger partial charge in [0.15, 0.2) is 0 Å². The van der Waals surface area contributed by atoms with Crippen LogP contribution in [0.4, 0.5) is 5.69 Å². The van der Waals surface area contributed by atoms with Crippen molar-refractivity contribution in [2.75, 3.05) is 5.32 Å². The molecule has 2 aromatic rings. The molecule has 0 saturated heterocycles. The largest absolute Gasteiger partial charge is 0.487 e. The normalized spacial score (nSPS) is 10.8. The highest BCUT2D eigenvalue weighted by atomic mass is 79.9. The van der Waals surface area contributed by atoms with Gasteiger partial charge in [0.1, 0.15) is 12.4 Å². The van der Waals surface area contributed by atoms with E-state index in [0.717, 1.165) is 11.3 Å². The van der Waals surface area contributed by atoms with Gasteiger partial charge in [-0.3, -0.25) is 4.79 Å². The van der Waals surface area contributed by atoms with E-state index in [2.05, 4.69) is 51.0 Å². The molecular weight excluding hydrogens is 473 g/mol. The summed E-state index contributed by atoms with van der Waals surface area (Å²) in [6.07, 6.45) is -0.0456. The Morgan fingerprint density at radius 1 is 1.16 bits per heavy atom. The first kappa shape index (κ1) is 20.1. The van der Waals surface area contributed by atoms with Crippen molar-refractivity contribution in [3.63, 3.8) is 0 Å². The molecule has 0 aliphatic rings. The van der Waals surface area contributed by atoms with Gasteiger partial charge in [-0.1, -0.05) is 11.6 Å². The Balaban J connectivity index is 2.16. The molecule has 2 aromatic carbocycles. The minimum Gasteiger partial charge on any atom is -0.487 e. The van der Waals surface area contributed by atoms with Crippen molar-refractivity contribution in [3.05, 3.63) is 55.4 Å². The van der Waals surface area contributed by atoms with Crippen molar-refractivity contribution < 1.29 is 14.6 Å². The lowest BCUT2D eigenvalue weighted by Crippen LogP contribution is -2.10.